The van der Waals surface area contributed by atoms with E-state index in [1.165, 1.54) is 18.2 Å². The predicted molar refractivity (Wildman–Crippen MR) is 79.0 cm³/mol. The number of hydrogen-bond acceptors (Lipinski definition) is 3. The molecule has 0 aliphatic rings. The number of amides is 2. The Kier molecular flexibility index (Phi) is 4.37. The van der Waals surface area contributed by atoms with Crippen molar-refractivity contribution in [1.29, 1.82) is 0 Å². The second kappa shape index (κ2) is 6.21. The molecule has 0 fully saturated rings. The van der Waals surface area contributed by atoms with Gasteiger partial charge in [-0.25, -0.2) is 0 Å². The van der Waals surface area contributed by atoms with E-state index in [1.807, 2.05) is 0 Å². The van der Waals surface area contributed by atoms with Gasteiger partial charge in [0.15, 0.2) is 4.67 Å². The lowest BCUT2D eigenvalue weighted by Gasteiger charge is -2.03. The number of benzene rings is 1. The Morgan fingerprint density at radius 2 is 2.05 bits per heavy atom. The van der Waals surface area contributed by atoms with Crippen LogP contribution in [0.3, 0.4) is 0 Å². The zero-order chi connectivity index (χ0) is 14.5. The quantitative estimate of drug-likeness (QED) is 0.843. The number of carbonyl (C=O) groups is 2. The standard InChI is InChI=1S/C14H11BrN2O3/c15-12-6-4-11(20-12)5-7-13(18)17-10-3-1-2-9(8-10)14(16)19/h1-8H,(H2,16,19)(H,17,18). The molecule has 6 heteroatoms. The van der Waals surface area contributed by atoms with E-state index in [-0.39, 0.29) is 5.91 Å². The summed E-state index contributed by atoms with van der Waals surface area (Å²) in [5.74, 6) is -0.325. The van der Waals surface area contributed by atoms with Gasteiger partial charge >= 0.3 is 0 Å². The molecule has 0 atom stereocenters. The summed E-state index contributed by atoms with van der Waals surface area (Å²) in [7, 11) is 0. The van der Waals surface area contributed by atoms with E-state index >= 15 is 0 Å². The van der Waals surface area contributed by atoms with Gasteiger partial charge in [-0.1, -0.05) is 6.07 Å². The molecule has 1 heterocycles. The lowest BCUT2D eigenvalue weighted by Crippen LogP contribution is -2.12. The summed E-state index contributed by atoms with van der Waals surface area (Å²) < 4.78 is 5.81. The van der Waals surface area contributed by atoms with Crippen molar-refractivity contribution in [2.45, 2.75) is 0 Å². The Hall–Kier alpha value is -2.34. The molecule has 0 bridgehead atoms. The van der Waals surface area contributed by atoms with Gasteiger partial charge in [0.05, 0.1) is 0 Å². The number of nitrogens with two attached hydrogens (primary N) is 1. The molecule has 0 aliphatic heterocycles. The second-order valence-electron chi connectivity index (χ2n) is 3.91. The Balaban J connectivity index is 2.02. The monoisotopic (exact) mass is 334 g/mol. The Bertz CT molecular complexity index is 677. The number of carbonyl (C=O) groups excluding carboxylic acids is 2. The first kappa shape index (κ1) is 14.1. The van der Waals surface area contributed by atoms with Crippen molar-refractivity contribution >= 4 is 39.5 Å². The first-order chi connectivity index (χ1) is 9.54. The Morgan fingerprint density at radius 3 is 2.70 bits per heavy atom. The van der Waals surface area contributed by atoms with Gasteiger partial charge in [-0.2, -0.15) is 0 Å². The zero-order valence-electron chi connectivity index (χ0n) is 10.3. The van der Waals surface area contributed by atoms with E-state index in [1.54, 1.807) is 30.3 Å². The molecule has 0 unspecified atom stereocenters. The molecule has 2 amide bonds. The van der Waals surface area contributed by atoms with E-state index in [4.69, 9.17) is 10.2 Å². The Labute approximate surface area is 123 Å². The summed E-state index contributed by atoms with van der Waals surface area (Å²) in [5.41, 5.74) is 6.00. The molecule has 2 aromatic rings. The Morgan fingerprint density at radius 1 is 1.25 bits per heavy atom. The summed E-state index contributed by atoms with van der Waals surface area (Å²) in [5, 5.41) is 2.63. The van der Waals surface area contributed by atoms with Crippen molar-refractivity contribution in [3.63, 3.8) is 0 Å². The van der Waals surface area contributed by atoms with Crippen molar-refractivity contribution < 1.29 is 14.0 Å². The van der Waals surface area contributed by atoms with Crippen LogP contribution in [0.5, 0.6) is 0 Å². The van der Waals surface area contributed by atoms with Crippen molar-refractivity contribution in [2.24, 2.45) is 5.73 Å². The molecule has 0 saturated carbocycles. The summed E-state index contributed by atoms with van der Waals surface area (Å²) in [6, 6.07) is 9.85. The number of nitrogens with one attached hydrogen (secondary N) is 1. The molecule has 1 aromatic carbocycles. The van der Waals surface area contributed by atoms with E-state index in [9.17, 15) is 9.59 Å². The SMILES string of the molecule is NC(=O)c1cccc(NC(=O)C=Cc2ccc(Br)o2)c1. The molecular formula is C14H11BrN2O3. The minimum absolute atomic E-state index is 0.334. The van der Waals surface area contributed by atoms with Crippen LogP contribution in [0.2, 0.25) is 0 Å². The van der Waals surface area contributed by atoms with Gasteiger partial charge in [0.25, 0.3) is 0 Å². The third-order valence-corrected chi connectivity index (χ3v) is 2.83. The average molecular weight is 335 g/mol. The molecule has 2 rings (SSSR count). The maximum atomic E-state index is 11.7. The number of hydrogen-bond donors (Lipinski definition) is 2. The molecule has 0 saturated heterocycles. The normalized spacial score (nSPS) is 10.7. The van der Waals surface area contributed by atoms with Crippen LogP contribution in [0, 0.1) is 0 Å². The molecule has 20 heavy (non-hydrogen) atoms. The van der Waals surface area contributed by atoms with Crippen LogP contribution in [0.15, 0.2) is 51.6 Å². The lowest BCUT2D eigenvalue weighted by molar-refractivity contribution is -0.111. The van der Waals surface area contributed by atoms with E-state index < -0.39 is 5.91 Å². The molecule has 102 valence electrons. The van der Waals surface area contributed by atoms with Crippen LogP contribution in [0.4, 0.5) is 5.69 Å². The average Bonchev–Trinajstić information content (AvgIpc) is 2.82. The number of anilines is 1. The molecule has 0 spiro atoms. The van der Waals surface area contributed by atoms with Gasteiger partial charge in [0, 0.05) is 17.3 Å². The maximum Gasteiger partial charge on any atom is 0.248 e. The smallest absolute Gasteiger partial charge is 0.248 e. The van der Waals surface area contributed by atoms with Crippen LogP contribution < -0.4 is 11.1 Å². The minimum Gasteiger partial charge on any atom is -0.450 e. The molecule has 5 nitrogen and oxygen atoms in total. The van der Waals surface area contributed by atoms with Gasteiger partial charge < -0.3 is 15.5 Å². The number of furan rings is 1. The fourth-order valence-electron chi connectivity index (χ4n) is 1.51. The first-order valence-corrected chi connectivity index (χ1v) is 6.48. The van der Waals surface area contributed by atoms with Gasteiger partial charge in [-0.3, -0.25) is 9.59 Å². The van der Waals surface area contributed by atoms with Crippen LogP contribution in [-0.2, 0) is 4.79 Å². The van der Waals surface area contributed by atoms with Crippen molar-refractivity contribution in [2.75, 3.05) is 5.32 Å². The number of primary amides is 1. The number of rotatable bonds is 4. The molecule has 0 aliphatic carbocycles. The van der Waals surface area contributed by atoms with Gasteiger partial charge in [-0.05, 0) is 52.3 Å². The highest BCUT2D eigenvalue weighted by atomic mass is 79.9. The second-order valence-corrected chi connectivity index (χ2v) is 4.69. The van der Waals surface area contributed by atoms with Gasteiger partial charge in [0.2, 0.25) is 11.8 Å². The highest BCUT2D eigenvalue weighted by molar-refractivity contribution is 9.10. The number of halogens is 1. The summed E-state index contributed by atoms with van der Waals surface area (Å²) >= 11 is 3.17. The van der Waals surface area contributed by atoms with Crippen molar-refractivity contribution in [1.82, 2.24) is 0 Å². The van der Waals surface area contributed by atoms with Crippen LogP contribution in [-0.4, -0.2) is 11.8 Å². The predicted octanol–water partition coefficient (Wildman–Crippen LogP) is 2.79. The van der Waals surface area contributed by atoms with E-state index in [0.29, 0.717) is 21.7 Å². The molecule has 3 N–H and O–H groups in total. The van der Waals surface area contributed by atoms with Crippen LogP contribution in [0.1, 0.15) is 16.1 Å². The van der Waals surface area contributed by atoms with E-state index in [2.05, 4.69) is 21.2 Å². The van der Waals surface area contributed by atoms with E-state index in [0.717, 1.165) is 0 Å². The molecule has 0 radical (unpaired) electrons. The minimum atomic E-state index is -0.544. The third-order valence-electron chi connectivity index (χ3n) is 2.41. The summed E-state index contributed by atoms with van der Waals surface area (Å²) in [6.07, 6.45) is 2.88. The van der Waals surface area contributed by atoms with Crippen LogP contribution in [0.25, 0.3) is 6.08 Å². The van der Waals surface area contributed by atoms with Crippen molar-refractivity contribution in [3.8, 4) is 0 Å². The highest BCUT2D eigenvalue weighted by Gasteiger charge is 2.03. The molecular weight excluding hydrogens is 324 g/mol. The fourth-order valence-corrected chi connectivity index (χ4v) is 1.83. The fraction of sp³-hybridized carbons (Fsp3) is 0. The summed E-state index contributed by atoms with van der Waals surface area (Å²) in [4.78, 5) is 22.7. The first-order valence-electron chi connectivity index (χ1n) is 5.69. The maximum absolute atomic E-state index is 11.7. The third kappa shape index (κ3) is 3.83. The summed E-state index contributed by atoms with van der Waals surface area (Å²) in [6.45, 7) is 0. The largest absolute Gasteiger partial charge is 0.450 e. The van der Waals surface area contributed by atoms with Crippen molar-refractivity contribution in [3.05, 3.63) is 58.5 Å². The topological polar surface area (TPSA) is 85.3 Å². The molecule has 1 aromatic heterocycles. The van der Waals surface area contributed by atoms with Crippen LogP contribution >= 0.6 is 15.9 Å². The zero-order valence-corrected chi connectivity index (χ0v) is 11.9. The van der Waals surface area contributed by atoms with Gasteiger partial charge in [-0.15, -0.1) is 0 Å². The highest BCUT2D eigenvalue weighted by Crippen LogP contribution is 2.15. The van der Waals surface area contributed by atoms with Gasteiger partial charge in [0.1, 0.15) is 5.76 Å². The lowest BCUT2D eigenvalue weighted by atomic mass is 10.2.